The Balaban J connectivity index is 1.54. The van der Waals surface area contributed by atoms with Crippen LogP contribution in [0, 0.1) is 40.7 Å². The first-order chi connectivity index (χ1) is 16.3. The van der Waals surface area contributed by atoms with Crippen molar-refractivity contribution in [2.24, 2.45) is 23.7 Å². The lowest BCUT2D eigenvalue weighted by atomic mass is 9.81. The molecule has 0 aromatic heterocycles. The second-order valence-electron chi connectivity index (χ2n) is 9.30. The van der Waals surface area contributed by atoms with Crippen molar-refractivity contribution in [3.63, 3.8) is 0 Å². The molecule has 9 nitrogen and oxygen atoms in total. The average molecular weight is 461 g/mol. The molecule has 3 amide bonds. The standard InChI is InChI=1S/C25H23N3O6/c1-14-6-8-15(9-7-14)20(29)13-26(23(30)18-4-2-3-5-19(18)28(33)34)27-24(31)21-16-10-11-17(12-16)22(21)25(27)32/h2-9,16-17,21-22H,10-13H2,1H3/t16-,17-,21-,22-/m0/s1. The van der Waals surface area contributed by atoms with Crippen LogP contribution in [0.3, 0.4) is 0 Å². The number of amides is 3. The van der Waals surface area contributed by atoms with E-state index in [2.05, 4.69) is 0 Å². The SMILES string of the molecule is Cc1ccc(C(=O)CN(C(=O)c2ccccc2[N+](=O)[O-])N2C(=O)[C@H]3[C@H]4CC[C@@H](C4)[C@@H]3C2=O)cc1. The number of nitro groups is 1. The summed E-state index contributed by atoms with van der Waals surface area (Å²) in [6.07, 6.45) is 2.54. The molecule has 1 aliphatic heterocycles. The number of carbonyl (C=O) groups excluding carboxylic acids is 4. The molecule has 174 valence electrons. The van der Waals surface area contributed by atoms with Crippen molar-refractivity contribution < 1.29 is 24.1 Å². The third kappa shape index (κ3) is 3.39. The summed E-state index contributed by atoms with van der Waals surface area (Å²) in [5, 5.41) is 13.2. The molecule has 0 unspecified atom stereocenters. The third-order valence-electron chi connectivity index (χ3n) is 7.38. The van der Waals surface area contributed by atoms with Gasteiger partial charge in [-0.25, -0.2) is 5.01 Å². The Bertz CT molecular complexity index is 1200. The highest BCUT2D eigenvalue weighted by molar-refractivity contribution is 6.10. The summed E-state index contributed by atoms with van der Waals surface area (Å²) >= 11 is 0. The molecule has 34 heavy (non-hydrogen) atoms. The van der Waals surface area contributed by atoms with Gasteiger partial charge in [0.1, 0.15) is 12.1 Å². The molecule has 0 N–H and O–H groups in total. The molecule has 3 aliphatic rings. The van der Waals surface area contributed by atoms with Crippen LogP contribution in [-0.2, 0) is 9.59 Å². The van der Waals surface area contributed by atoms with Crippen LogP contribution in [-0.4, -0.2) is 45.0 Å². The van der Waals surface area contributed by atoms with E-state index in [1.165, 1.54) is 24.3 Å². The van der Waals surface area contributed by atoms with E-state index in [0.717, 1.165) is 34.8 Å². The summed E-state index contributed by atoms with van der Waals surface area (Å²) < 4.78 is 0. The third-order valence-corrected chi connectivity index (χ3v) is 7.38. The molecule has 0 spiro atoms. The first-order valence-electron chi connectivity index (χ1n) is 11.3. The van der Waals surface area contributed by atoms with Gasteiger partial charge in [0.25, 0.3) is 23.4 Å². The minimum absolute atomic E-state index is 0.0901. The lowest BCUT2D eigenvalue weighted by Gasteiger charge is -2.30. The van der Waals surface area contributed by atoms with Gasteiger partial charge in [0.05, 0.1) is 16.8 Å². The number of benzene rings is 2. The molecule has 1 saturated heterocycles. The summed E-state index contributed by atoms with van der Waals surface area (Å²) in [6.45, 7) is 1.29. The zero-order valence-electron chi connectivity index (χ0n) is 18.5. The van der Waals surface area contributed by atoms with Crippen LogP contribution in [0.25, 0.3) is 0 Å². The maximum Gasteiger partial charge on any atom is 0.282 e. The molecule has 2 aliphatic carbocycles. The molecule has 1 heterocycles. The number of rotatable bonds is 6. The molecule has 0 radical (unpaired) electrons. The van der Waals surface area contributed by atoms with E-state index >= 15 is 0 Å². The normalized spacial score (nSPS) is 24.9. The van der Waals surface area contributed by atoms with Crippen molar-refractivity contribution in [3.05, 3.63) is 75.3 Å². The van der Waals surface area contributed by atoms with Gasteiger partial charge >= 0.3 is 0 Å². The Kier molecular flexibility index (Phi) is 5.27. The fourth-order valence-corrected chi connectivity index (χ4v) is 5.78. The van der Waals surface area contributed by atoms with E-state index < -0.39 is 52.5 Å². The van der Waals surface area contributed by atoms with Gasteiger partial charge in [-0.05, 0) is 44.1 Å². The average Bonchev–Trinajstić information content (AvgIpc) is 3.51. The Morgan fingerprint density at radius 1 is 1.00 bits per heavy atom. The van der Waals surface area contributed by atoms with Gasteiger partial charge in [-0.1, -0.05) is 42.0 Å². The van der Waals surface area contributed by atoms with E-state index in [-0.39, 0.29) is 17.4 Å². The topological polar surface area (TPSA) is 118 Å². The molecular weight excluding hydrogens is 438 g/mol. The Labute approximate surface area is 195 Å². The van der Waals surface area contributed by atoms with Crippen LogP contribution in [0.15, 0.2) is 48.5 Å². The number of Topliss-reactive ketones (excluding diaryl/α,β-unsaturated/α-hetero) is 1. The van der Waals surface area contributed by atoms with Crippen molar-refractivity contribution in [1.29, 1.82) is 0 Å². The van der Waals surface area contributed by atoms with Crippen LogP contribution in [0.1, 0.15) is 45.5 Å². The summed E-state index contributed by atoms with van der Waals surface area (Å²) in [7, 11) is 0. The fraction of sp³-hybridized carbons (Fsp3) is 0.360. The van der Waals surface area contributed by atoms with Crippen molar-refractivity contribution in [2.75, 3.05) is 6.54 Å². The number of carbonyl (C=O) groups is 4. The Hall–Kier alpha value is -3.88. The van der Waals surface area contributed by atoms with Gasteiger partial charge in [-0.15, -0.1) is 0 Å². The molecule has 2 saturated carbocycles. The van der Waals surface area contributed by atoms with Crippen LogP contribution < -0.4 is 0 Å². The number of imide groups is 1. The van der Waals surface area contributed by atoms with Gasteiger partial charge in [0, 0.05) is 11.6 Å². The summed E-state index contributed by atoms with van der Waals surface area (Å²) in [6, 6.07) is 12.0. The van der Waals surface area contributed by atoms with Gasteiger partial charge < -0.3 is 0 Å². The number of hydrogen-bond acceptors (Lipinski definition) is 6. The zero-order chi connectivity index (χ0) is 24.1. The zero-order valence-corrected chi connectivity index (χ0v) is 18.5. The molecular formula is C25H23N3O6. The van der Waals surface area contributed by atoms with E-state index in [4.69, 9.17) is 0 Å². The summed E-state index contributed by atoms with van der Waals surface area (Å²) in [4.78, 5) is 64.4. The Morgan fingerprint density at radius 2 is 1.59 bits per heavy atom. The van der Waals surface area contributed by atoms with Gasteiger partial charge in [0.2, 0.25) is 0 Å². The van der Waals surface area contributed by atoms with E-state index in [9.17, 15) is 29.3 Å². The predicted octanol–water partition coefficient (Wildman–Crippen LogP) is 3.17. The predicted molar refractivity (Wildman–Crippen MR) is 119 cm³/mol. The largest absolute Gasteiger partial charge is 0.292 e. The molecule has 2 aromatic rings. The van der Waals surface area contributed by atoms with Gasteiger partial charge in [-0.3, -0.25) is 29.3 Å². The van der Waals surface area contributed by atoms with E-state index in [0.29, 0.717) is 5.56 Å². The highest BCUT2D eigenvalue weighted by Crippen LogP contribution is 2.56. The molecule has 3 fully saturated rings. The fourth-order valence-electron chi connectivity index (χ4n) is 5.78. The maximum absolute atomic E-state index is 13.6. The number of nitro benzene ring substituents is 1. The number of nitrogens with zero attached hydrogens (tertiary/aromatic N) is 3. The number of aryl methyl sites for hydroxylation is 1. The smallest absolute Gasteiger partial charge is 0.282 e. The minimum Gasteiger partial charge on any atom is -0.292 e. The molecule has 5 rings (SSSR count). The number of hydrogen-bond donors (Lipinski definition) is 0. The number of para-hydroxylation sites is 1. The van der Waals surface area contributed by atoms with Crippen molar-refractivity contribution in [3.8, 4) is 0 Å². The lowest BCUT2D eigenvalue weighted by molar-refractivity contribution is -0.385. The highest BCUT2D eigenvalue weighted by Gasteiger charge is 2.62. The van der Waals surface area contributed by atoms with E-state index in [1.54, 1.807) is 24.3 Å². The Morgan fingerprint density at radius 3 is 2.18 bits per heavy atom. The van der Waals surface area contributed by atoms with Crippen LogP contribution in [0.5, 0.6) is 0 Å². The maximum atomic E-state index is 13.6. The minimum atomic E-state index is -0.929. The van der Waals surface area contributed by atoms with Crippen LogP contribution in [0.4, 0.5) is 5.69 Å². The lowest BCUT2D eigenvalue weighted by Crippen LogP contribution is -2.52. The second-order valence-corrected chi connectivity index (χ2v) is 9.30. The summed E-state index contributed by atoms with van der Waals surface area (Å²) in [5.74, 6) is -3.21. The van der Waals surface area contributed by atoms with Gasteiger partial charge in [0.15, 0.2) is 5.78 Å². The van der Waals surface area contributed by atoms with E-state index in [1.807, 2.05) is 6.92 Å². The second kappa shape index (κ2) is 8.16. The highest BCUT2D eigenvalue weighted by atomic mass is 16.6. The number of hydrazine groups is 1. The monoisotopic (exact) mass is 461 g/mol. The molecule has 2 bridgehead atoms. The summed E-state index contributed by atoms with van der Waals surface area (Å²) in [5.41, 5.74) is 0.507. The first-order valence-corrected chi connectivity index (χ1v) is 11.3. The molecule has 4 atom stereocenters. The molecule has 9 heteroatoms. The quantitative estimate of drug-likeness (QED) is 0.282. The van der Waals surface area contributed by atoms with Crippen molar-refractivity contribution in [2.45, 2.75) is 26.2 Å². The number of fused-ring (bicyclic) bond motifs is 5. The first kappa shape index (κ1) is 21.9. The number of ketones is 1. The van der Waals surface area contributed by atoms with Gasteiger partial charge in [-0.2, -0.15) is 5.01 Å². The van der Waals surface area contributed by atoms with Crippen LogP contribution in [0.2, 0.25) is 0 Å². The van der Waals surface area contributed by atoms with Crippen LogP contribution >= 0.6 is 0 Å². The molecule has 2 aromatic carbocycles. The van der Waals surface area contributed by atoms with Crippen molar-refractivity contribution >= 4 is 29.2 Å². The van der Waals surface area contributed by atoms with Crippen molar-refractivity contribution in [1.82, 2.24) is 10.0 Å².